The summed E-state index contributed by atoms with van der Waals surface area (Å²) in [6.45, 7) is 3.53. The Hall–Kier alpha value is -3.57. The minimum absolute atomic E-state index is 0.225. The minimum Gasteiger partial charge on any atom is -0.497 e. The van der Waals surface area contributed by atoms with Crippen molar-refractivity contribution >= 4 is 17.5 Å². The number of benzene rings is 2. The molecule has 2 aromatic carbocycles. The van der Waals surface area contributed by atoms with Crippen molar-refractivity contribution in [3.63, 3.8) is 0 Å². The topological polar surface area (TPSA) is 112 Å². The van der Waals surface area contributed by atoms with Crippen molar-refractivity contribution in [3.8, 4) is 17.6 Å². The second-order valence-electron chi connectivity index (χ2n) is 5.76. The number of hydrazine groups is 1. The Labute approximate surface area is 163 Å². The van der Waals surface area contributed by atoms with Crippen LogP contribution < -0.4 is 25.6 Å². The molecular weight excluding hydrogens is 360 g/mol. The molecule has 8 nitrogen and oxygen atoms in total. The number of hydrogen-bond acceptors (Lipinski definition) is 6. The monoisotopic (exact) mass is 382 g/mol. The van der Waals surface area contributed by atoms with E-state index in [9.17, 15) is 14.9 Å². The molecule has 28 heavy (non-hydrogen) atoms. The second-order valence-corrected chi connectivity index (χ2v) is 5.76. The molecule has 1 atom stereocenters. The number of nitrogens with zero attached hydrogens (tertiary/aromatic N) is 1. The first-order valence-electron chi connectivity index (χ1n) is 8.62. The number of ether oxygens (including phenoxy) is 2. The molecule has 2 rings (SSSR count). The lowest BCUT2D eigenvalue weighted by molar-refractivity contribution is -0.114. The second kappa shape index (κ2) is 9.94. The fourth-order valence-electron chi connectivity index (χ4n) is 2.48. The summed E-state index contributed by atoms with van der Waals surface area (Å²) in [5.74, 6) is 0.235. The van der Waals surface area contributed by atoms with Crippen molar-refractivity contribution in [3.05, 3.63) is 53.6 Å². The van der Waals surface area contributed by atoms with E-state index in [1.807, 2.05) is 0 Å². The van der Waals surface area contributed by atoms with Crippen LogP contribution in [0.5, 0.6) is 11.5 Å². The molecule has 0 heterocycles. The highest BCUT2D eigenvalue weighted by molar-refractivity contribution is 5.98. The van der Waals surface area contributed by atoms with Crippen molar-refractivity contribution in [2.75, 3.05) is 19.0 Å². The van der Waals surface area contributed by atoms with Crippen molar-refractivity contribution in [1.82, 2.24) is 10.9 Å². The Morgan fingerprint density at radius 3 is 2.64 bits per heavy atom. The summed E-state index contributed by atoms with van der Waals surface area (Å²) in [5.41, 5.74) is 6.67. The Morgan fingerprint density at radius 1 is 1.21 bits per heavy atom. The van der Waals surface area contributed by atoms with Crippen LogP contribution in [-0.4, -0.2) is 25.5 Å². The molecule has 2 amide bonds. The largest absolute Gasteiger partial charge is 0.497 e. The van der Waals surface area contributed by atoms with E-state index < -0.39 is 11.9 Å². The van der Waals surface area contributed by atoms with Gasteiger partial charge in [0.1, 0.15) is 17.5 Å². The minimum atomic E-state index is -0.770. The van der Waals surface area contributed by atoms with Crippen LogP contribution in [0.1, 0.15) is 35.8 Å². The maximum Gasteiger partial charge on any atom is 0.269 e. The number of rotatable bonds is 8. The molecule has 1 unspecified atom stereocenters. The summed E-state index contributed by atoms with van der Waals surface area (Å²) in [4.78, 5) is 23.8. The molecule has 0 spiro atoms. The van der Waals surface area contributed by atoms with Gasteiger partial charge in [-0.2, -0.15) is 5.26 Å². The number of carbonyl (C=O) groups excluding carboxylic acids is 2. The molecule has 0 aromatic heterocycles. The van der Waals surface area contributed by atoms with Crippen LogP contribution in [0.15, 0.2) is 42.5 Å². The van der Waals surface area contributed by atoms with Crippen LogP contribution in [0.3, 0.4) is 0 Å². The molecule has 3 N–H and O–H groups in total. The van der Waals surface area contributed by atoms with Gasteiger partial charge in [0.2, 0.25) is 5.91 Å². The Morgan fingerprint density at radius 2 is 2.00 bits per heavy atom. The van der Waals surface area contributed by atoms with Gasteiger partial charge < -0.3 is 14.8 Å². The van der Waals surface area contributed by atoms with Gasteiger partial charge in [-0.25, -0.2) is 5.43 Å². The van der Waals surface area contributed by atoms with E-state index in [1.165, 1.54) is 14.0 Å². The van der Waals surface area contributed by atoms with E-state index in [4.69, 9.17) is 9.47 Å². The summed E-state index contributed by atoms with van der Waals surface area (Å²) >= 11 is 0. The molecule has 0 saturated heterocycles. The Bertz CT molecular complexity index is 892. The highest BCUT2D eigenvalue weighted by atomic mass is 16.5. The molecule has 2 aromatic rings. The van der Waals surface area contributed by atoms with E-state index in [0.717, 1.165) is 0 Å². The quantitative estimate of drug-likeness (QED) is 0.605. The van der Waals surface area contributed by atoms with Gasteiger partial charge in [-0.05, 0) is 36.8 Å². The van der Waals surface area contributed by atoms with Crippen molar-refractivity contribution in [2.45, 2.75) is 19.9 Å². The number of nitrogens with one attached hydrogen (secondary N) is 3. The van der Waals surface area contributed by atoms with Crippen molar-refractivity contribution in [2.24, 2.45) is 0 Å². The third kappa shape index (κ3) is 5.46. The van der Waals surface area contributed by atoms with Crippen LogP contribution in [0, 0.1) is 11.3 Å². The summed E-state index contributed by atoms with van der Waals surface area (Å²) in [6.07, 6.45) is 0. The van der Waals surface area contributed by atoms with Gasteiger partial charge in [0, 0.05) is 18.7 Å². The van der Waals surface area contributed by atoms with Gasteiger partial charge in [-0.15, -0.1) is 0 Å². The molecular formula is C20H22N4O4. The lowest BCUT2D eigenvalue weighted by atomic mass is 10.1. The third-order valence-corrected chi connectivity index (χ3v) is 3.73. The number of nitriles is 1. The molecule has 0 bridgehead atoms. The van der Waals surface area contributed by atoms with Gasteiger partial charge in [0.25, 0.3) is 5.91 Å². The van der Waals surface area contributed by atoms with E-state index in [2.05, 4.69) is 22.2 Å². The third-order valence-electron chi connectivity index (χ3n) is 3.73. The molecule has 146 valence electrons. The first kappa shape index (κ1) is 20.7. The molecule has 0 saturated carbocycles. The van der Waals surface area contributed by atoms with Gasteiger partial charge >= 0.3 is 0 Å². The van der Waals surface area contributed by atoms with Crippen LogP contribution in [0.4, 0.5) is 5.69 Å². The summed E-state index contributed by atoms with van der Waals surface area (Å²) < 4.78 is 10.7. The molecule has 0 fully saturated rings. The molecule has 0 aliphatic heterocycles. The average Bonchev–Trinajstić information content (AvgIpc) is 2.68. The van der Waals surface area contributed by atoms with Crippen LogP contribution in [0.2, 0.25) is 0 Å². The van der Waals surface area contributed by atoms with Crippen molar-refractivity contribution in [1.29, 1.82) is 5.26 Å². The predicted molar refractivity (Wildman–Crippen MR) is 104 cm³/mol. The summed E-state index contributed by atoms with van der Waals surface area (Å²) in [6, 6.07) is 13.0. The molecule has 0 aliphatic rings. The lowest BCUT2D eigenvalue weighted by Crippen LogP contribution is -2.39. The standard InChI is InChI=1S/C20H22N4O4/c1-4-28-19-11-15(22-13(2)25)8-9-17(19)20(26)24-23-18(12-21)14-6-5-7-16(10-14)27-3/h5-11,18,23H,4H2,1-3H3,(H,22,25)(H,24,26). The molecule has 0 radical (unpaired) electrons. The van der Waals surface area contributed by atoms with E-state index in [-0.39, 0.29) is 11.5 Å². The van der Waals surface area contributed by atoms with E-state index >= 15 is 0 Å². The lowest BCUT2D eigenvalue weighted by Gasteiger charge is -2.16. The summed E-state index contributed by atoms with van der Waals surface area (Å²) in [5, 5.41) is 12.1. The van der Waals surface area contributed by atoms with Gasteiger partial charge in [-0.3, -0.25) is 15.0 Å². The zero-order valence-corrected chi connectivity index (χ0v) is 15.9. The van der Waals surface area contributed by atoms with Gasteiger partial charge in [0.15, 0.2) is 0 Å². The number of hydrogen-bond donors (Lipinski definition) is 3. The Balaban J connectivity index is 2.14. The zero-order chi connectivity index (χ0) is 20.5. The fourth-order valence-corrected chi connectivity index (χ4v) is 2.48. The predicted octanol–water partition coefficient (Wildman–Crippen LogP) is 2.55. The number of methoxy groups -OCH3 is 1. The van der Waals surface area contributed by atoms with Gasteiger partial charge in [-0.1, -0.05) is 12.1 Å². The first-order valence-corrected chi connectivity index (χ1v) is 8.62. The van der Waals surface area contributed by atoms with Crippen LogP contribution >= 0.6 is 0 Å². The zero-order valence-electron chi connectivity index (χ0n) is 15.9. The first-order chi connectivity index (χ1) is 13.5. The van der Waals surface area contributed by atoms with Gasteiger partial charge in [0.05, 0.1) is 25.3 Å². The smallest absolute Gasteiger partial charge is 0.269 e. The normalized spacial score (nSPS) is 11.1. The van der Waals surface area contributed by atoms with Crippen LogP contribution in [-0.2, 0) is 4.79 Å². The number of carbonyl (C=O) groups is 2. The van der Waals surface area contributed by atoms with Crippen LogP contribution in [0.25, 0.3) is 0 Å². The summed E-state index contributed by atoms with van der Waals surface area (Å²) in [7, 11) is 1.54. The Kier molecular flexibility index (Phi) is 7.37. The highest BCUT2D eigenvalue weighted by Gasteiger charge is 2.17. The maximum absolute atomic E-state index is 12.6. The SMILES string of the molecule is CCOc1cc(NC(C)=O)ccc1C(=O)NNC(C#N)c1cccc(OC)c1. The maximum atomic E-state index is 12.6. The molecule has 8 heteroatoms. The van der Waals surface area contributed by atoms with E-state index in [1.54, 1.807) is 49.4 Å². The average molecular weight is 382 g/mol. The van der Waals surface area contributed by atoms with Crippen molar-refractivity contribution < 1.29 is 19.1 Å². The molecule has 0 aliphatic carbocycles. The van der Waals surface area contributed by atoms with E-state index in [0.29, 0.717) is 29.4 Å². The fraction of sp³-hybridized carbons (Fsp3) is 0.250. The number of anilines is 1. The number of amides is 2. The highest BCUT2D eigenvalue weighted by Crippen LogP contribution is 2.24.